The van der Waals surface area contributed by atoms with Gasteiger partial charge in [-0.05, 0) is 0 Å². The molecular weight excluding hydrogens is 514 g/mol. The van der Waals surface area contributed by atoms with E-state index < -0.39 is 0 Å². The molecule has 2 aliphatic rings. The Morgan fingerprint density at radius 3 is 1.04 bits per heavy atom. The van der Waals surface area contributed by atoms with E-state index in [1.165, 1.54) is 64.2 Å². The number of hydrogen-bond donors (Lipinski definition) is 0. The standard InChI is InChI=1S/2C11H15.2ClH.Hf/c2*1-2-6-10(7-3-1)11-8-4-5-9-11;;;/h2*4-5,8-10H,1-3,6-7H2;2*1H;/q2*-1;;;+4/p-2. The van der Waals surface area contributed by atoms with Crippen molar-refractivity contribution in [2.24, 2.45) is 0 Å². The van der Waals surface area contributed by atoms with Gasteiger partial charge in [0.25, 0.3) is 0 Å². The van der Waals surface area contributed by atoms with Crippen LogP contribution in [0.25, 0.3) is 0 Å². The fraction of sp³-hybridized carbons (Fsp3) is 0.545. The molecule has 2 fully saturated rings. The Morgan fingerprint density at radius 2 is 0.760 bits per heavy atom. The summed E-state index contributed by atoms with van der Waals surface area (Å²) in [6.45, 7) is 0. The molecule has 0 N–H and O–H groups in total. The fourth-order valence-electron chi connectivity index (χ4n) is 4.19. The summed E-state index contributed by atoms with van der Waals surface area (Å²) < 4.78 is 0. The van der Waals surface area contributed by atoms with Crippen LogP contribution in [0.3, 0.4) is 0 Å². The largest absolute Gasteiger partial charge is 4.00 e. The van der Waals surface area contributed by atoms with Gasteiger partial charge >= 0.3 is 25.8 Å². The molecule has 0 radical (unpaired) electrons. The fourth-order valence-corrected chi connectivity index (χ4v) is 4.19. The zero-order valence-corrected chi connectivity index (χ0v) is 20.2. The van der Waals surface area contributed by atoms with Crippen LogP contribution in [0.2, 0.25) is 0 Å². The van der Waals surface area contributed by atoms with Crippen molar-refractivity contribution in [2.45, 2.75) is 76.0 Å². The van der Waals surface area contributed by atoms with Crippen LogP contribution in [0.1, 0.15) is 87.2 Å². The van der Waals surface area contributed by atoms with Gasteiger partial charge in [-0.1, -0.05) is 76.0 Å². The molecule has 2 aromatic rings. The Hall–Kier alpha value is 0.150. The molecule has 0 atom stereocenters. The average molecular weight is 544 g/mol. The topological polar surface area (TPSA) is 0 Å². The predicted molar refractivity (Wildman–Crippen MR) is 95.7 cm³/mol. The molecular formula is C22H30Cl2Hf. The summed E-state index contributed by atoms with van der Waals surface area (Å²) in [6.07, 6.45) is 14.4. The first-order chi connectivity index (χ1) is 10.9. The molecule has 0 spiro atoms. The molecule has 3 heteroatoms. The molecule has 0 aliphatic heterocycles. The molecule has 2 aromatic carbocycles. The van der Waals surface area contributed by atoms with E-state index in [1.807, 2.05) is 0 Å². The number of rotatable bonds is 2. The molecule has 0 amide bonds. The molecule has 136 valence electrons. The summed E-state index contributed by atoms with van der Waals surface area (Å²) >= 11 is 0. The van der Waals surface area contributed by atoms with E-state index in [0.717, 1.165) is 11.8 Å². The summed E-state index contributed by atoms with van der Waals surface area (Å²) in [7, 11) is 0. The van der Waals surface area contributed by atoms with Crippen LogP contribution in [-0.2, 0) is 25.8 Å². The molecule has 0 heterocycles. The molecule has 4 rings (SSSR count). The van der Waals surface area contributed by atoms with Gasteiger partial charge in [0.2, 0.25) is 0 Å². The summed E-state index contributed by atoms with van der Waals surface area (Å²) in [6, 6.07) is 17.7. The van der Waals surface area contributed by atoms with Crippen LogP contribution in [-0.4, -0.2) is 0 Å². The molecule has 2 aliphatic carbocycles. The minimum Gasteiger partial charge on any atom is -1.00 e. The quantitative estimate of drug-likeness (QED) is 0.390. The molecule has 0 nitrogen and oxygen atoms in total. The van der Waals surface area contributed by atoms with Crippen molar-refractivity contribution in [3.05, 3.63) is 59.7 Å². The molecule has 0 bridgehead atoms. The van der Waals surface area contributed by atoms with E-state index in [4.69, 9.17) is 0 Å². The molecule has 2 saturated carbocycles. The van der Waals surface area contributed by atoms with Crippen molar-refractivity contribution in [3.63, 3.8) is 0 Å². The third-order valence-electron chi connectivity index (χ3n) is 5.53. The third kappa shape index (κ3) is 8.14. The van der Waals surface area contributed by atoms with E-state index in [-0.39, 0.29) is 50.7 Å². The first kappa shape index (κ1) is 25.2. The summed E-state index contributed by atoms with van der Waals surface area (Å²) in [5.41, 5.74) is 3.15. The Balaban J connectivity index is 0.000000411. The Kier molecular flexibility index (Phi) is 14.3. The van der Waals surface area contributed by atoms with Gasteiger partial charge in [-0.25, -0.2) is 24.3 Å². The van der Waals surface area contributed by atoms with Gasteiger partial charge in [0.15, 0.2) is 0 Å². The SMILES string of the molecule is [Cl-].[Cl-].[Hf+4].c1cc[c-](C2CCCCC2)c1.c1cc[c-](C2CCCCC2)c1. The zero-order valence-electron chi connectivity index (χ0n) is 15.1. The van der Waals surface area contributed by atoms with Gasteiger partial charge in [0, 0.05) is 0 Å². The maximum Gasteiger partial charge on any atom is 4.00 e. The van der Waals surface area contributed by atoms with Crippen LogP contribution >= 0.6 is 0 Å². The molecule has 25 heavy (non-hydrogen) atoms. The van der Waals surface area contributed by atoms with Gasteiger partial charge in [-0.3, -0.25) is 0 Å². The predicted octanol–water partition coefficient (Wildman–Crippen LogP) is 0.912. The van der Waals surface area contributed by atoms with E-state index in [1.54, 1.807) is 11.1 Å². The van der Waals surface area contributed by atoms with Crippen molar-refractivity contribution in [3.8, 4) is 0 Å². The second-order valence-electron chi connectivity index (χ2n) is 7.11. The molecule has 0 aromatic heterocycles. The van der Waals surface area contributed by atoms with Crippen molar-refractivity contribution < 1.29 is 50.7 Å². The van der Waals surface area contributed by atoms with E-state index >= 15 is 0 Å². The summed E-state index contributed by atoms with van der Waals surface area (Å²) in [5.74, 6) is 1.78. The minimum absolute atomic E-state index is 0. The van der Waals surface area contributed by atoms with Gasteiger partial charge < -0.3 is 24.8 Å². The van der Waals surface area contributed by atoms with Crippen LogP contribution in [0.5, 0.6) is 0 Å². The summed E-state index contributed by atoms with van der Waals surface area (Å²) in [5, 5.41) is 0. The third-order valence-corrected chi connectivity index (χ3v) is 5.53. The Morgan fingerprint density at radius 1 is 0.480 bits per heavy atom. The maximum atomic E-state index is 2.27. The molecule has 0 saturated heterocycles. The maximum absolute atomic E-state index is 2.27. The molecule has 0 unspecified atom stereocenters. The first-order valence-corrected chi connectivity index (χ1v) is 9.37. The average Bonchev–Trinajstić information content (AvgIpc) is 3.31. The van der Waals surface area contributed by atoms with Gasteiger partial charge in [-0.2, -0.15) is 35.4 Å². The van der Waals surface area contributed by atoms with Crippen LogP contribution in [0, 0.1) is 0 Å². The normalized spacial score (nSPS) is 17.9. The van der Waals surface area contributed by atoms with Gasteiger partial charge in [0.05, 0.1) is 0 Å². The van der Waals surface area contributed by atoms with Crippen LogP contribution in [0.4, 0.5) is 0 Å². The summed E-state index contributed by atoms with van der Waals surface area (Å²) in [4.78, 5) is 0. The second-order valence-corrected chi connectivity index (χ2v) is 7.11. The Labute approximate surface area is 185 Å². The second kappa shape index (κ2) is 14.2. The van der Waals surface area contributed by atoms with Crippen LogP contribution in [0.15, 0.2) is 48.5 Å². The van der Waals surface area contributed by atoms with E-state index in [9.17, 15) is 0 Å². The van der Waals surface area contributed by atoms with E-state index in [2.05, 4.69) is 48.5 Å². The zero-order chi connectivity index (χ0) is 15.0. The van der Waals surface area contributed by atoms with Gasteiger partial charge in [-0.15, -0.1) is 0 Å². The Bertz CT molecular complexity index is 444. The number of hydrogen-bond acceptors (Lipinski definition) is 0. The van der Waals surface area contributed by atoms with Gasteiger partial charge in [0.1, 0.15) is 0 Å². The van der Waals surface area contributed by atoms with Crippen molar-refractivity contribution >= 4 is 0 Å². The smallest absolute Gasteiger partial charge is 1.00 e. The van der Waals surface area contributed by atoms with Crippen molar-refractivity contribution in [1.29, 1.82) is 0 Å². The first-order valence-electron chi connectivity index (χ1n) is 9.37. The minimum atomic E-state index is 0. The number of halogens is 2. The van der Waals surface area contributed by atoms with Crippen molar-refractivity contribution in [1.82, 2.24) is 0 Å². The van der Waals surface area contributed by atoms with Crippen LogP contribution < -0.4 is 24.8 Å². The monoisotopic (exact) mass is 544 g/mol. The van der Waals surface area contributed by atoms with Crippen molar-refractivity contribution in [2.75, 3.05) is 0 Å². The van der Waals surface area contributed by atoms with E-state index in [0.29, 0.717) is 0 Å².